The number of aliphatic hydroxyl groups excluding tert-OH is 1. The maximum Gasteiger partial charge on any atom is 0.410 e. The highest BCUT2D eigenvalue weighted by atomic mass is 28.4. The van der Waals surface area contributed by atoms with Crippen molar-refractivity contribution in [3.05, 3.63) is 48.0 Å². The molecular weight excluding hydrogens is 821 g/mol. The minimum absolute atomic E-state index is 0.0596. The fraction of sp³-hybridized carbons (Fsp3) is 0.652. The van der Waals surface area contributed by atoms with Gasteiger partial charge in [-0.3, -0.25) is 9.80 Å². The number of methoxy groups -OCH3 is 2. The molecule has 2 aliphatic rings. The number of hydrogen-bond acceptors (Lipinski definition) is 13. The maximum absolute atomic E-state index is 13.3. The number of pyridine rings is 2. The van der Waals surface area contributed by atoms with E-state index in [0.717, 1.165) is 34.3 Å². The van der Waals surface area contributed by atoms with E-state index in [0.29, 0.717) is 50.8 Å². The molecule has 17 heteroatoms. The lowest BCUT2D eigenvalue weighted by atomic mass is 10.1. The Kier molecular flexibility index (Phi) is 16.1. The van der Waals surface area contributed by atoms with Crippen molar-refractivity contribution in [3.8, 4) is 17.3 Å². The number of aliphatic hydroxyl groups is 1. The normalized spacial score (nSPS) is 18.6. The molecule has 2 fully saturated rings. The van der Waals surface area contributed by atoms with E-state index in [9.17, 15) is 14.7 Å². The van der Waals surface area contributed by atoms with E-state index in [1.165, 1.54) is 0 Å². The van der Waals surface area contributed by atoms with Crippen LogP contribution in [0, 0.1) is 13.8 Å². The quantitative estimate of drug-likeness (QED) is 0.200. The molecule has 0 spiro atoms. The number of carbonyl (C=O) groups excluding carboxylic acids is 2. The Hall–Kier alpha value is -4.74. The molecule has 0 saturated carbocycles. The molecule has 3 aromatic heterocycles. The summed E-state index contributed by atoms with van der Waals surface area (Å²) in [5.74, 6) is 2.57. The van der Waals surface area contributed by atoms with Crippen molar-refractivity contribution in [1.29, 1.82) is 0 Å². The van der Waals surface area contributed by atoms with E-state index in [1.807, 2.05) is 63.6 Å². The number of carbonyl (C=O) groups is 2. The third-order valence-electron chi connectivity index (χ3n) is 11.8. The second kappa shape index (κ2) is 20.0. The molecule has 0 radical (unpaired) electrons. The number of amides is 2. The van der Waals surface area contributed by atoms with Crippen LogP contribution in [0.15, 0.2) is 36.7 Å². The summed E-state index contributed by atoms with van der Waals surface area (Å²) >= 11 is 0. The summed E-state index contributed by atoms with van der Waals surface area (Å²) in [6.07, 6.45) is 1.94. The van der Waals surface area contributed by atoms with Crippen LogP contribution < -0.4 is 25.0 Å². The van der Waals surface area contributed by atoms with Gasteiger partial charge >= 0.3 is 12.2 Å². The standard InChI is InChI=1S/C29H48N4O4Si.C17H28N4O4/c1-20-13-14-21(2)33(20)26-17-25(35-10)23(18-30-26)31-15-16-32(27(34)36-28(4,5)6)24(19-31)22(3)37-38(11,12)29(7,8)9;1-11(22)13-10-20(12-9-19-15(18)8-14(12)24-5)6-7-21(13)16(23)25-17(2,3)4/h13-14,17-18,22,24H,15-16,19H2,1-12H3;8-9,11,13,22H,6-7,10H2,1-5H3,(H2,18,19)/t22-,24-;11-,13-/m11/s1. The summed E-state index contributed by atoms with van der Waals surface area (Å²) in [6, 6.07) is 7.23. The molecule has 2 aliphatic heterocycles. The van der Waals surface area contributed by atoms with Gasteiger partial charge in [-0.05, 0) is 99.5 Å². The van der Waals surface area contributed by atoms with Gasteiger partial charge in [-0.1, -0.05) is 20.8 Å². The van der Waals surface area contributed by atoms with Gasteiger partial charge in [-0.15, -0.1) is 0 Å². The summed E-state index contributed by atoms with van der Waals surface area (Å²) in [6.45, 7) is 33.5. The smallest absolute Gasteiger partial charge is 0.410 e. The summed E-state index contributed by atoms with van der Waals surface area (Å²) in [4.78, 5) is 42.4. The highest BCUT2D eigenvalue weighted by Gasteiger charge is 2.44. The van der Waals surface area contributed by atoms with E-state index in [1.54, 1.807) is 38.3 Å². The van der Waals surface area contributed by atoms with Crippen LogP contribution in [-0.2, 0) is 13.9 Å². The van der Waals surface area contributed by atoms with E-state index >= 15 is 0 Å². The van der Waals surface area contributed by atoms with Gasteiger partial charge in [0, 0.05) is 62.8 Å². The SMILES string of the molecule is COc1cc(-n2c(C)ccc2C)ncc1N1CCN(C(=O)OC(C)(C)C)[C@@H]([C@@H](C)O[Si](C)(C)C(C)(C)C)C1.COc1cc(N)ncc1N1CCN(C(=O)OC(C)(C)C)[C@@H]([C@@H](C)O)C1. The van der Waals surface area contributed by atoms with Crippen molar-refractivity contribution >= 4 is 37.7 Å². The van der Waals surface area contributed by atoms with Gasteiger partial charge in [0.15, 0.2) is 8.32 Å². The third kappa shape index (κ3) is 12.9. The van der Waals surface area contributed by atoms with E-state index in [2.05, 4.69) is 81.2 Å². The highest BCUT2D eigenvalue weighted by molar-refractivity contribution is 6.74. The number of hydrogen-bond donors (Lipinski definition) is 2. The summed E-state index contributed by atoms with van der Waals surface area (Å²) in [5.41, 5.74) is 8.49. The summed E-state index contributed by atoms with van der Waals surface area (Å²) in [5, 5.41) is 10.2. The van der Waals surface area contributed by atoms with Crippen molar-refractivity contribution in [2.75, 3.05) is 69.0 Å². The number of piperazine rings is 2. The van der Waals surface area contributed by atoms with Crippen LogP contribution >= 0.6 is 0 Å². The minimum Gasteiger partial charge on any atom is -0.494 e. The number of anilines is 3. The zero-order valence-corrected chi connectivity index (χ0v) is 42.0. The molecular formula is C46H76N8O8Si. The van der Waals surface area contributed by atoms with Gasteiger partial charge in [0.2, 0.25) is 0 Å². The largest absolute Gasteiger partial charge is 0.494 e. The Balaban J connectivity index is 0.000000302. The third-order valence-corrected chi connectivity index (χ3v) is 16.4. The van der Waals surface area contributed by atoms with Gasteiger partial charge in [-0.2, -0.15) is 0 Å². The number of aryl methyl sites for hydroxylation is 2. The van der Waals surface area contributed by atoms with Crippen LogP contribution in [0.4, 0.5) is 26.8 Å². The molecule has 4 atom stereocenters. The Labute approximate surface area is 377 Å². The first-order valence-corrected chi connectivity index (χ1v) is 24.8. The van der Waals surface area contributed by atoms with Crippen molar-refractivity contribution in [2.24, 2.45) is 0 Å². The summed E-state index contributed by atoms with van der Waals surface area (Å²) < 4.78 is 31.4. The molecule has 5 rings (SSSR count). The lowest BCUT2D eigenvalue weighted by Crippen LogP contribution is -2.61. The van der Waals surface area contributed by atoms with Crippen molar-refractivity contribution in [2.45, 2.75) is 144 Å². The predicted molar refractivity (Wildman–Crippen MR) is 252 cm³/mol. The van der Waals surface area contributed by atoms with Gasteiger partial charge in [0.25, 0.3) is 0 Å². The number of nitrogens with two attached hydrogens (primary N) is 1. The second-order valence-electron chi connectivity index (χ2n) is 20.1. The Morgan fingerprint density at radius 3 is 1.63 bits per heavy atom. The van der Waals surface area contributed by atoms with Crippen LogP contribution in [0.5, 0.6) is 11.5 Å². The number of ether oxygens (including phenoxy) is 4. The molecule has 0 aliphatic carbocycles. The molecule has 0 bridgehead atoms. The Bertz CT molecular complexity index is 2000. The van der Waals surface area contributed by atoms with Gasteiger partial charge < -0.3 is 48.6 Å². The zero-order chi connectivity index (χ0) is 47.4. The zero-order valence-electron chi connectivity index (χ0n) is 41.0. The molecule has 2 amide bonds. The summed E-state index contributed by atoms with van der Waals surface area (Å²) in [7, 11) is 1.19. The van der Waals surface area contributed by atoms with Crippen molar-refractivity contribution < 1.29 is 38.1 Å². The van der Waals surface area contributed by atoms with E-state index < -0.39 is 37.8 Å². The lowest BCUT2D eigenvalue weighted by molar-refractivity contribution is -0.00573. The van der Waals surface area contributed by atoms with Crippen molar-refractivity contribution in [3.63, 3.8) is 0 Å². The average molecular weight is 897 g/mol. The number of nitrogen functional groups attached to an aromatic ring is 1. The highest BCUT2D eigenvalue weighted by Crippen LogP contribution is 2.39. The molecule has 0 aromatic carbocycles. The molecule has 63 heavy (non-hydrogen) atoms. The first-order valence-electron chi connectivity index (χ1n) is 21.9. The van der Waals surface area contributed by atoms with E-state index in [4.69, 9.17) is 34.1 Å². The Morgan fingerprint density at radius 2 is 1.19 bits per heavy atom. The van der Waals surface area contributed by atoms with Crippen LogP contribution in [0.1, 0.15) is 87.5 Å². The van der Waals surface area contributed by atoms with Gasteiger partial charge in [-0.25, -0.2) is 19.6 Å². The number of aromatic nitrogens is 3. The molecule has 2 saturated heterocycles. The van der Waals surface area contributed by atoms with Crippen LogP contribution in [0.3, 0.4) is 0 Å². The topological polar surface area (TPSA) is 170 Å². The monoisotopic (exact) mass is 897 g/mol. The van der Waals surface area contributed by atoms with Crippen LogP contribution in [-0.4, -0.2) is 139 Å². The first-order chi connectivity index (χ1) is 29.1. The van der Waals surface area contributed by atoms with E-state index in [-0.39, 0.29) is 23.3 Å². The minimum atomic E-state index is -2.07. The number of rotatable bonds is 9. The molecule has 16 nitrogen and oxygen atoms in total. The molecule has 0 unspecified atom stereocenters. The van der Waals surface area contributed by atoms with Crippen LogP contribution in [0.25, 0.3) is 5.82 Å². The number of nitrogens with zero attached hydrogens (tertiary/aromatic N) is 7. The molecule has 3 N–H and O–H groups in total. The molecule has 5 heterocycles. The predicted octanol–water partition coefficient (Wildman–Crippen LogP) is 7.81. The average Bonchev–Trinajstić information content (AvgIpc) is 3.52. The van der Waals surface area contributed by atoms with Crippen molar-refractivity contribution in [1.82, 2.24) is 24.3 Å². The Morgan fingerprint density at radius 1 is 0.746 bits per heavy atom. The van der Waals surface area contributed by atoms with Gasteiger partial charge in [0.1, 0.15) is 34.3 Å². The maximum atomic E-state index is 13.3. The fourth-order valence-corrected chi connectivity index (χ4v) is 8.95. The lowest BCUT2D eigenvalue weighted by Gasteiger charge is -2.47. The molecule has 3 aromatic rings. The van der Waals surface area contributed by atoms with Gasteiger partial charge in [0.05, 0.1) is 62.3 Å². The molecule has 352 valence electrons. The second-order valence-corrected chi connectivity index (χ2v) is 24.9. The first kappa shape index (κ1) is 50.9. The van der Waals surface area contributed by atoms with Crippen LogP contribution in [0.2, 0.25) is 18.1 Å². The fourth-order valence-electron chi connectivity index (χ4n) is 7.51.